The monoisotopic (exact) mass is 266 g/mol. The number of unbranched alkanes of at least 4 members (excludes halogenated alkanes) is 1. The predicted molar refractivity (Wildman–Crippen MR) is 62.9 cm³/mol. The second-order valence-electron chi connectivity index (χ2n) is 5.00. The number of nitrogens with two attached hydrogens (primary N) is 1. The largest absolute Gasteiger partial charge is 0.406 e. The number of nitrogens with zero attached hydrogens (tertiary/aromatic N) is 1. The first kappa shape index (κ1) is 15.3. The summed E-state index contributed by atoms with van der Waals surface area (Å²) in [7, 11) is 0. The Hall–Kier alpha value is -0.780. The zero-order chi connectivity index (χ0) is 13.8. The van der Waals surface area contributed by atoms with E-state index in [2.05, 4.69) is 0 Å². The summed E-state index contributed by atoms with van der Waals surface area (Å²) in [4.78, 5) is 13.0. The van der Waals surface area contributed by atoms with Crippen molar-refractivity contribution in [2.45, 2.75) is 51.2 Å². The van der Waals surface area contributed by atoms with Gasteiger partial charge in [-0.25, -0.2) is 0 Å². The van der Waals surface area contributed by atoms with E-state index in [0.717, 1.165) is 17.7 Å². The van der Waals surface area contributed by atoms with Gasteiger partial charge in [0.15, 0.2) is 0 Å². The minimum absolute atomic E-state index is 0.0436. The molecule has 1 saturated carbocycles. The van der Waals surface area contributed by atoms with Crippen LogP contribution in [0.2, 0.25) is 0 Å². The minimum Gasteiger partial charge on any atom is -0.333 e. The van der Waals surface area contributed by atoms with Crippen molar-refractivity contribution in [1.82, 2.24) is 4.90 Å². The van der Waals surface area contributed by atoms with E-state index in [0.29, 0.717) is 19.3 Å². The third-order valence-electron chi connectivity index (χ3n) is 3.29. The van der Waals surface area contributed by atoms with Gasteiger partial charge in [-0.3, -0.25) is 4.79 Å². The Balaban J connectivity index is 2.60. The first-order valence-electron chi connectivity index (χ1n) is 6.44. The van der Waals surface area contributed by atoms with Gasteiger partial charge in [0, 0.05) is 18.5 Å². The normalized spacial score (nSPS) is 24.3. The van der Waals surface area contributed by atoms with Crippen molar-refractivity contribution >= 4 is 5.91 Å². The van der Waals surface area contributed by atoms with Gasteiger partial charge in [-0.15, -0.1) is 0 Å². The molecule has 0 aromatic carbocycles. The molecule has 0 spiro atoms. The summed E-state index contributed by atoms with van der Waals surface area (Å²) < 4.78 is 37.3. The molecule has 0 aromatic rings. The van der Waals surface area contributed by atoms with Crippen molar-refractivity contribution in [2.75, 3.05) is 13.1 Å². The molecular weight excluding hydrogens is 245 g/mol. The Kier molecular flexibility index (Phi) is 5.44. The first-order chi connectivity index (χ1) is 8.33. The maximum absolute atomic E-state index is 12.4. The van der Waals surface area contributed by atoms with Crippen molar-refractivity contribution in [1.29, 1.82) is 0 Å². The van der Waals surface area contributed by atoms with Crippen LogP contribution in [0.4, 0.5) is 13.2 Å². The summed E-state index contributed by atoms with van der Waals surface area (Å²) >= 11 is 0. The number of hydrogen-bond acceptors (Lipinski definition) is 2. The fourth-order valence-corrected chi connectivity index (χ4v) is 2.33. The summed E-state index contributed by atoms with van der Waals surface area (Å²) in [6, 6.07) is -0.0436. The molecule has 1 aliphatic rings. The molecule has 1 aliphatic carbocycles. The Morgan fingerprint density at radius 2 is 2.06 bits per heavy atom. The van der Waals surface area contributed by atoms with Gasteiger partial charge in [0.25, 0.3) is 0 Å². The van der Waals surface area contributed by atoms with E-state index in [4.69, 9.17) is 5.73 Å². The molecule has 2 atom stereocenters. The van der Waals surface area contributed by atoms with Crippen LogP contribution in [0.25, 0.3) is 0 Å². The molecule has 2 unspecified atom stereocenters. The summed E-state index contributed by atoms with van der Waals surface area (Å²) in [6.07, 6.45) is -1.11. The fourth-order valence-electron chi connectivity index (χ4n) is 2.33. The number of alkyl halides is 3. The average Bonchev–Trinajstić information content (AvgIpc) is 2.68. The number of carbonyl (C=O) groups excluding carboxylic acids is 1. The molecule has 0 bridgehead atoms. The Labute approximate surface area is 106 Å². The smallest absolute Gasteiger partial charge is 0.333 e. The van der Waals surface area contributed by atoms with Gasteiger partial charge in [0.05, 0.1) is 0 Å². The van der Waals surface area contributed by atoms with Gasteiger partial charge in [-0.05, 0) is 25.7 Å². The number of rotatable bonds is 5. The fraction of sp³-hybridized carbons (Fsp3) is 0.917. The number of carbonyl (C=O) groups is 1. The summed E-state index contributed by atoms with van der Waals surface area (Å²) in [5.74, 6) is -0.701. The Morgan fingerprint density at radius 1 is 1.39 bits per heavy atom. The lowest BCUT2D eigenvalue weighted by Gasteiger charge is -2.26. The van der Waals surface area contributed by atoms with Crippen LogP contribution >= 0.6 is 0 Å². The van der Waals surface area contributed by atoms with Crippen LogP contribution in [-0.4, -0.2) is 36.1 Å². The van der Waals surface area contributed by atoms with E-state index in [9.17, 15) is 18.0 Å². The molecule has 1 rings (SSSR count). The van der Waals surface area contributed by atoms with E-state index in [-0.39, 0.29) is 24.4 Å². The Morgan fingerprint density at radius 3 is 2.50 bits per heavy atom. The highest BCUT2D eigenvalue weighted by Crippen LogP contribution is 2.27. The summed E-state index contributed by atoms with van der Waals surface area (Å²) in [5.41, 5.74) is 5.70. The van der Waals surface area contributed by atoms with Crippen molar-refractivity contribution in [3.05, 3.63) is 0 Å². The number of amides is 1. The highest BCUT2D eigenvalue weighted by molar-refractivity contribution is 5.79. The molecule has 0 heterocycles. The second kappa shape index (κ2) is 6.41. The molecule has 6 heteroatoms. The van der Waals surface area contributed by atoms with Crippen molar-refractivity contribution in [3.8, 4) is 0 Å². The zero-order valence-corrected chi connectivity index (χ0v) is 10.7. The van der Waals surface area contributed by atoms with Crippen molar-refractivity contribution < 1.29 is 18.0 Å². The lowest BCUT2D eigenvalue weighted by Crippen LogP contribution is -2.42. The summed E-state index contributed by atoms with van der Waals surface area (Å²) in [6.45, 7) is 0.930. The van der Waals surface area contributed by atoms with Crippen LogP contribution in [0.3, 0.4) is 0 Å². The van der Waals surface area contributed by atoms with E-state index in [1.54, 1.807) is 0 Å². The van der Waals surface area contributed by atoms with E-state index in [1.165, 1.54) is 0 Å². The molecule has 18 heavy (non-hydrogen) atoms. The van der Waals surface area contributed by atoms with Crippen LogP contribution < -0.4 is 5.73 Å². The lowest BCUT2D eigenvalue weighted by atomic mass is 10.1. The van der Waals surface area contributed by atoms with Gasteiger partial charge in [-0.2, -0.15) is 13.2 Å². The SMILES string of the molecule is CCCCN(CC(F)(F)F)C(=O)C1CCC(N)C1. The maximum atomic E-state index is 12.4. The third kappa shape index (κ3) is 4.84. The van der Waals surface area contributed by atoms with Gasteiger partial charge in [0.2, 0.25) is 5.91 Å². The van der Waals surface area contributed by atoms with Crippen LogP contribution in [0.1, 0.15) is 39.0 Å². The average molecular weight is 266 g/mol. The highest BCUT2D eigenvalue weighted by atomic mass is 19.4. The van der Waals surface area contributed by atoms with Gasteiger partial charge in [0.1, 0.15) is 6.54 Å². The van der Waals surface area contributed by atoms with E-state index < -0.39 is 12.7 Å². The predicted octanol–water partition coefficient (Wildman–Crippen LogP) is 2.30. The molecule has 1 amide bonds. The van der Waals surface area contributed by atoms with E-state index >= 15 is 0 Å². The molecule has 0 aromatic heterocycles. The quantitative estimate of drug-likeness (QED) is 0.830. The van der Waals surface area contributed by atoms with Crippen LogP contribution in [-0.2, 0) is 4.79 Å². The molecule has 3 nitrogen and oxygen atoms in total. The van der Waals surface area contributed by atoms with Crippen LogP contribution in [0.5, 0.6) is 0 Å². The molecule has 0 saturated heterocycles. The standard InChI is InChI=1S/C12H21F3N2O/c1-2-3-6-17(8-12(13,14)15)11(18)9-4-5-10(16)7-9/h9-10H,2-8,16H2,1H3. The van der Waals surface area contributed by atoms with Gasteiger partial charge >= 0.3 is 6.18 Å². The highest BCUT2D eigenvalue weighted by Gasteiger charge is 2.37. The first-order valence-corrected chi connectivity index (χ1v) is 6.44. The minimum atomic E-state index is -4.33. The lowest BCUT2D eigenvalue weighted by molar-refractivity contribution is -0.163. The second-order valence-corrected chi connectivity index (χ2v) is 5.00. The van der Waals surface area contributed by atoms with Gasteiger partial charge < -0.3 is 10.6 Å². The Bertz CT molecular complexity index is 281. The molecule has 1 fully saturated rings. The molecule has 106 valence electrons. The zero-order valence-electron chi connectivity index (χ0n) is 10.7. The molecule has 0 radical (unpaired) electrons. The summed E-state index contributed by atoms with van der Waals surface area (Å²) in [5, 5.41) is 0. The maximum Gasteiger partial charge on any atom is 0.406 e. The molecular formula is C12H21F3N2O. The van der Waals surface area contributed by atoms with Gasteiger partial charge in [-0.1, -0.05) is 13.3 Å². The molecule has 2 N–H and O–H groups in total. The van der Waals surface area contributed by atoms with E-state index in [1.807, 2.05) is 6.92 Å². The van der Waals surface area contributed by atoms with Crippen LogP contribution in [0, 0.1) is 5.92 Å². The number of hydrogen-bond donors (Lipinski definition) is 1. The van der Waals surface area contributed by atoms with Crippen molar-refractivity contribution in [3.63, 3.8) is 0 Å². The van der Waals surface area contributed by atoms with Crippen LogP contribution in [0.15, 0.2) is 0 Å². The number of halogens is 3. The topological polar surface area (TPSA) is 46.3 Å². The third-order valence-corrected chi connectivity index (χ3v) is 3.29. The molecule has 0 aliphatic heterocycles. The van der Waals surface area contributed by atoms with Crippen molar-refractivity contribution in [2.24, 2.45) is 11.7 Å².